The largest absolute Gasteiger partial charge is 0.379 e. The Bertz CT molecular complexity index is 1290. The van der Waals surface area contributed by atoms with Crippen molar-refractivity contribution in [2.75, 3.05) is 50.0 Å². The van der Waals surface area contributed by atoms with E-state index in [4.69, 9.17) is 4.74 Å². The Morgan fingerprint density at radius 2 is 1.71 bits per heavy atom. The Kier molecular flexibility index (Phi) is 6.61. The number of nitrogens with zero attached hydrogens (tertiary/aromatic N) is 4. The summed E-state index contributed by atoms with van der Waals surface area (Å²) in [5.41, 5.74) is 5.18. The van der Waals surface area contributed by atoms with Crippen LogP contribution in [-0.4, -0.2) is 54.3 Å². The highest BCUT2D eigenvalue weighted by Gasteiger charge is 2.12. The molecule has 0 radical (unpaired) electrons. The second-order valence-corrected chi connectivity index (χ2v) is 8.19. The highest BCUT2D eigenvalue weighted by Crippen LogP contribution is 2.31. The summed E-state index contributed by atoms with van der Waals surface area (Å²) in [6.45, 7) is 5.21. The van der Waals surface area contributed by atoms with Crippen LogP contribution >= 0.6 is 0 Å². The molecule has 0 amide bonds. The van der Waals surface area contributed by atoms with E-state index in [-0.39, 0.29) is 0 Å². The first-order valence-electron chi connectivity index (χ1n) is 11.5. The molecule has 2 aromatic carbocycles. The molecule has 0 bridgehead atoms. The molecule has 2 N–H and O–H groups in total. The summed E-state index contributed by atoms with van der Waals surface area (Å²) in [7, 11) is 0. The Morgan fingerprint density at radius 3 is 2.47 bits per heavy atom. The number of pyridine rings is 2. The SMILES string of the molecule is N#Cc1cnc2cnc(NCCN3CCOCC3)cc2c1Nc1ccc(-c2ccccc2)cc1. The van der Waals surface area contributed by atoms with Crippen LogP contribution in [0.4, 0.5) is 17.2 Å². The third-order valence-corrected chi connectivity index (χ3v) is 5.97. The zero-order chi connectivity index (χ0) is 23.2. The number of benzene rings is 2. The average molecular weight is 451 g/mol. The molecule has 0 spiro atoms. The minimum Gasteiger partial charge on any atom is -0.379 e. The van der Waals surface area contributed by atoms with Crippen molar-refractivity contribution in [2.45, 2.75) is 0 Å². The maximum Gasteiger partial charge on any atom is 0.126 e. The molecule has 34 heavy (non-hydrogen) atoms. The summed E-state index contributed by atoms with van der Waals surface area (Å²) in [6, 6.07) is 22.7. The van der Waals surface area contributed by atoms with Gasteiger partial charge in [0.15, 0.2) is 0 Å². The predicted octanol–water partition coefficient (Wildman–Crippen LogP) is 4.66. The topological polar surface area (TPSA) is 86.1 Å². The van der Waals surface area contributed by atoms with Crippen molar-refractivity contribution in [3.05, 3.63) is 78.6 Å². The Hall–Kier alpha value is -3.99. The summed E-state index contributed by atoms with van der Waals surface area (Å²) in [5, 5.41) is 17.4. The third kappa shape index (κ3) is 4.99. The number of nitrogens with one attached hydrogen (secondary N) is 2. The van der Waals surface area contributed by atoms with Gasteiger partial charge in [0.25, 0.3) is 0 Å². The van der Waals surface area contributed by atoms with Crippen LogP contribution in [0.2, 0.25) is 0 Å². The highest BCUT2D eigenvalue weighted by atomic mass is 16.5. The quantitative estimate of drug-likeness (QED) is 0.424. The Balaban J connectivity index is 1.37. The molecule has 1 aliphatic rings. The van der Waals surface area contributed by atoms with Crippen LogP contribution in [0.15, 0.2) is 73.1 Å². The zero-order valence-corrected chi connectivity index (χ0v) is 18.9. The third-order valence-electron chi connectivity index (χ3n) is 5.97. The first-order chi connectivity index (χ1) is 16.8. The molecule has 170 valence electrons. The lowest BCUT2D eigenvalue weighted by atomic mass is 10.1. The summed E-state index contributed by atoms with van der Waals surface area (Å²) in [5.74, 6) is 0.764. The van der Waals surface area contributed by atoms with Crippen molar-refractivity contribution in [2.24, 2.45) is 0 Å². The van der Waals surface area contributed by atoms with Gasteiger partial charge in [0.1, 0.15) is 11.9 Å². The lowest BCUT2D eigenvalue weighted by Crippen LogP contribution is -2.39. The Morgan fingerprint density at radius 1 is 0.941 bits per heavy atom. The smallest absolute Gasteiger partial charge is 0.126 e. The molecule has 3 heterocycles. The minimum absolute atomic E-state index is 0.491. The molecule has 0 unspecified atom stereocenters. The van der Waals surface area contributed by atoms with Gasteiger partial charge < -0.3 is 15.4 Å². The molecule has 1 saturated heterocycles. The van der Waals surface area contributed by atoms with Gasteiger partial charge in [-0.1, -0.05) is 42.5 Å². The second kappa shape index (κ2) is 10.3. The molecule has 1 fully saturated rings. The number of fused-ring (bicyclic) bond motifs is 1. The van der Waals surface area contributed by atoms with Gasteiger partial charge in [-0.15, -0.1) is 0 Å². The van der Waals surface area contributed by atoms with Crippen molar-refractivity contribution >= 4 is 28.1 Å². The number of morpholine rings is 1. The van der Waals surface area contributed by atoms with E-state index in [0.29, 0.717) is 5.56 Å². The molecule has 7 nitrogen and oxygen atoms in total. The van der Waals surface area contributed by atoms with Crippen LogP contribution in [0.25, 0.3) is 22.0 Å². The van der Waals surface area contributed by atoms with E-state index in [0.717, 1.165) is 73.1 Å². The normalized spacial score (nSPS) is 14.0. The average Bonchev–Trinajstić information content (AvgIpc) is 2.90. The molecule has 5 rings (SSSR count). The monoisotopic (exact) mass is 450 g/mol. The van der Waals surface area contributed by atoms with Gasteiger partial charge in [0.05, 0.1) is 36.2 Å². The molecule has 0 atom stereocenters. The molecule has 0 aliphatic carbocycles. The fraction of sp³-hybridized carbons (Fsp3) is 0.222. The van der Waals surface area contributed by atoms with Gasteiger partial charge in [0, 0.05) is 43.4 Å². The lowest BCUT2D eigenvalue weighted by molar-refractivity contribution is 0.0398. The summed E-state index contributed by atoms with van der Waals surface area (Å²) < 4.78 is 5.41. The molecular formula is C27H26N6O. The summed E-state index contributed by atoms with van der Waals surface area (Å²) in [4.78, 5) is 11.3. The van der Waals surface area contributed by atoms with Crippen molar-refractivity contribution in [1.82, 2.24) is 14.9 Å². The van der Waals surface area contributed by atoms with E-state index in [2.05, 4.69) is 55.8 Å². The molecule has 1 aliphatic heterocycles. The zero-order valence-electron chi connectivity index (χ0n) is 18.9. The van der Waals surface area contributed by atoms with E-state index in [1.54, 1.807) is 12.4 Å². The van der Waals surface area contributed by atoms with Crippen LogP contribution in [0.1, 0.15) is 5.56 Å². The van der Waals surface area contributed by atoms with E-state index in [9.17, 15) is 5.26 Å². The minimum atomic E-state index is 0.491. The van der Waals surface area contributed by atoms with E-state index < -0.39 is 0 Å². The standard InChI is InChI=1S/C27H26N6O/c28-17-22-18-30-25-19-31-26(29-10-11-33-12-14-34-15-13-33)16-24(25)27(22)32-23-8-6-21(7-9-23)20-4-2-1-3-5-20/h1-9,16,18-19H,10-15H2,(H,29,31)(H,30,32). The van der Waals surface area contributed by atoms with Crippen molar-refractivity contribution < 1.29 is 4.74 Å². The van der Waals surface area contributed by atoms with Gasteiger partial charge in [-0.05, 0) is 29.3 Å². The Labute approximate surface area is 199 Å². The first kappa shape index (κ1) is 21.8. The first-order valence-corrected chi connectivity index (χ1v) is 11.5. The molecule has 2 aromatic heterocycles. The van der Waals surface area contributed by atoms with Gasteiger partial charge in [0.2, 0.25) is 0 Å². The maximum atomic E-state index is 9.73. The van der Waals surface area contributed by atoms with Gasteiger partial charge >= 0.3 is 0 Å². The fourth-order valence-electron chi connectivity index (χ4n) is 4.10. The molecule has 4 aromatic rings. The van der Waals surface area contributed by atoms with Crippen LogP contribution in [0.5, 0.6) is 0 Å². The van der Waals surface area contributed by atoms with Gasteiger partial charge in [-0.3, -0.25) is 9.88 Å². The highest BCUT2D eigenvalue weighted by molar-refractivity contribution is 5.96. The number of hydrogen-bond donors (Lipinski definition) is 2. The van der Waals surface area contributed by atoms with Crippen LogP contribution in [0.3, 0.4) is 0 Å². The van der Waals surface area contributed by atoms with Gasteiger partial charge in [-0.25, -0.2) is 4.98 Å². The van der Waals surface area contributed by atoms with E-state index in [1.165, 1.54) is 5.56 Å². The number of anilines is 3. The van der Waals surface area contributed by atoms with Crippen molar-refractivity contribution in [1.29, 1.82) is 5.26 Å². The number of aromatic nitrogens is 2. The van der Waals surface area contributed by atoms with Gasteiger partial charge in [-0.2, -0.15) is 5.26 Å². The molecule has 0 saturated carbocycles. The summed E-state index contributed by atoms with van der Waals surface area (Å²) >= 11 is 0. The lowest BCUT2D eigenvalue weighted by Gasteiger charge is -2.26. The van der Waals surface area contributed by atoms with Crippen LogP contribution < -0.4 is 10.6 Å². The fourth-order valence-corrected chi connectivity index (χ4v) is 4.10. The molecular weight excluding hydrogens is 424 g/mol. The van der Waals surface area contributed by atoms with Crippen molar-refractivity contribution in [3.8, 4) is 17.2 Å². The van der Waals surface area contributed by atoms with Crippen LogP contribution in [-0.2, 0) is 4.74 Å². The van der Waals surface area contributed by atoms with Crippen molar-refractivity contribution in [3.63, 3.8) is 0 Å². The number of nitriles is 1. The molecule has 7 heteroatoms. The van der Waals surface area contributed by atoms with E-state index in [1.807, 2.05) is 36.4 Å². The van der Waals surface area contributed by atoms with Crippen LogP contribution in [0, 0.1) is 11.3 Å². The predicted molar refractivity (Wildman–Crippen MR) is 135 cm³/mol. The second-order valence-electron chi connectivity index (χ2n) is 8.19. The number of hydrogen-bond acceptors (Lipinski definition) is 7. The maximum absolute atomic E-state index is 9.73. The number of rotatable bonds is 7. The number of ether oxygens (including phenoxy) is 1. The summed E-state index contributed by atoms with van der Waals surface area (Å²) in [6.07, 6.45) is 3.34. The van der Waals surface area contributed by atoms with E-state index >= 15 is 0 Å².